The second-order valence-corrected chi connectivity index (χ2v) is 9.42. The molecule has 3 nitrogen and oxygen atoms in total. The fourth-order valence-corrected chi connectivity index (χ4v) is 3.02. The lowest BCUT2D eigenvalue weighted by Gasteiger charge is -2.19. The van der Waals surface area contributed by atoms with Crippen LogP contribution in [0, 0.1) is 0 Å². The first-order valence-electron chi connectivity index (χ1n) is 9.94. The molecule has 0 spiro atoms. The molecule has 0 aliphatic rings. The van der Waals surface area contributed by atoms with E-state index in [0.717, 1.165) is 11.3 Å². The van der Waals surface area contributed by atoms with Crippen LogP contribution in [-0.2, 0) is 10.8 Å². The summed E-state index contributed by atoms with van der Waals surface area (Å²) in [5.74, 6) is 0.0551. The zero-order valence-electron chi connectivity index (χ0n) is 18.1. The Hall–Kier alpha value is -2.94. The highest BCUT2D eigenvalue weighted by atomic mass is 16.5. The molecule has 0 N–H and O–H groups in total. The molecule has 3 heteroatoms. The van der Waals surface area contributed by atoms with Crippen LogP contribution in [0.1, 0.15) is 63.0 Å². The zero-order chi connectivity index (χ0) is 21.2. The highest BCUT2D eigenvalue weighted by Crippen LogP contribution is 2.26. The number of nitrogens with zero attached hydrogens (tertiary/aromatic N) is 1. The molecule has 0 amide bonds. The van der Waals surface area contributed by atoms with E-state index in [4.69, 9.17) is 4.74 Å². The van der Waals surface area contributed by atoms with Crippen molar-refractivity contribution < 1.29 is 9.53 Å². The van der Waals surface area contributed by atoms with Crippen molar-refractivity contribution in [2.45, 2.75) is 52.4 Å². The SMILES string of the molecule is CC(C)(C)c1ccc(C(=O)Oc2ccc(-c3ccc(C(C)(C)C)cc3)nc2)cc1. The van der Waals surface area contributed by atoms with E-state index in [1.54, 1.807) is 12.3 Å². The van der Waals surface area contributed by atoms with E-state index in [9.17, 15) is 4.79 Å². The van der Waals surface area contributed by atoms with Gasteiger partial charge in [0.1, 0.15) is 5.75 Å². The average Bonchev–Trinajstić information content (AvgIpc) is 2.67. The molecule has 0 fully saturated rings. The number of ether oxygens (including phenoxy) is 1. The van der Waals surface area contributed by atoms with Gasteiger partial charge in [0.15, 0.2) is 0 Å². The van der Waals surface area contributed by atoms with Crippen molar-refractivity contribution in [3.63, 3.8) is 0 Å². The van der Waals surface area contributed by atoms with Crippen LogP contribution in [-0.4, -0.2) is 11.0 Å². The number of hydrogen-bond donors (Lipinski definition) is 0. The molecule has 0 atom stereocenters. The second kappa shape index (κ2) is 7.82. The van der Waals surface area contributed by atoms with Gasteiger partial charge in [-0.05, 0) is 46.2 Å². The Bertz CT molecular complexity index is 971. The van der Waals surface area contributed by atoms with Crippen molar-refractivity contribution in [1.29, 1.82) is 0 Å². The van der Waals surface area contributed by atoms with Crippen molar-refractivity contribution in [2.24, 2.45) is 0 Å². The fourth-order valence-electron chi connectivity index (χ4n) is 3.02. The third-order valence-electron chi connectivity index (χ3n) is 4.98. The molecule has 3 aromatic rings. The first kappa shape index (κ1) is 20.8. The molecular weight excluding hydrogens is 358 g/mol. The Morgan fingerprint density at radius 3 is 1.69 bits per heavy atom. The Kier molecular flexibility index (Phi) is 5.61. The summed E-state index contributed by atoms with van der Waals surface area (Å²) in [5, 5.41) is 0. The maximum Gasteiger partial charge on any atom is 0.343 e. The summed E-state index contributed by atoms with van der Waals surface area (Å²) in [6.45, 7) is 13.0. The molecule has 0 saturated carbocycles. The average molecular weight is 388 g/mol. The van der Waals surface area contributed by atoms with E-state index in [0.29, 0.717) is 11.3 Å². The lowest BCUT2D eigenvalue weighted by molar-refractivity contribution is 0.0734. The summed E-state index contributed by atoms with van der Waals surface area (Å²) in [6, 6.07) is 19.6. The Morgan fingerprint density at radius 2 is 1.24 bits per heavy atom. The van der Waals surface area contributed by atoms with Gasteiger partial charge >= 0.3 is 5.97 Å². The molecule has 0 saturated heterocycles. The number of hydrogen-bond acceptors (Lipinski definition) is 3. The van der Waals surface area contributed by atoms with Crippen LogP contribution in [0.2, 0.25) is 0 Å². The van der Waals surface area contributed by atoms with Gasteiger partial charge in [-0.1, -0.05) is 77.9 Å². The van der Waals surface area contributed by atoms with Crippen molar-refractivity contribution in [3.05, 3.63) is 83.6 Å². The van der Waals surface area contributed by atoms with Crippen molar-refractivity contribution in [1.82, 2.24) is 4.98 Å². The molecule has 0 aliphatic carbocycles. The number of carbonyl (C=O) groups is 1. The summed E-state index contributed by atoms with van der Waals surface area (Å²) in [4.78, 5) is 16.9. The molecular formula is C26H29NO2. The van der Waals surface area contributed by atoms with Crippen LogP contribution < -0.4 is 4.74 Å². The topological polar surface area (TPSA) is 39.2 Å². The number of aromatic nitrogens is 1. The van der Waals surface area contributed by atoms with Crippen molar-refractivity contribution in [3.8, 4) is 17.0 Å². The van der Waals surface area contributed by atoms with Gasteiger partial charge < -0.3 is 4.74 Å². The smallest absolute Gasteiger partial charge is 0.343 e. The zero-order valence-corrected chi connectivity index (χ0v) is 18.1. The van der Waals surface area contributed by atoms with Crippen LogP contribution in [0.4, 0.5) is 0 Å². The van der Waals surface area contributed by atoms with Crippen LogP contribution in [0.15, 0.2) is 66.9 Å². The van der Waals surface area contributed by atoms with Gasteiger partial charge in [0.25, 0.3) is 0 Å². The van der Waals surface area contributed by atoms with E-state index in [-0.39, 0.29) is 16.8 Å². The molecule has 0 unspecified atom stereocenters. The minimum absolute atomic E-state index is 0.0489. The van der Waals surface area contributed by atoms with E-state index in [1.807, 2.05) is 30.3 Å². The lowest BCUT2D eigenvalue weighted by atomic mass is 9.86. The first-order valence-corrected chi connectivity index (χ1v) is 9.94. The summed E-state index contributed by atoms with van der Waals surface area (Å²) in [5.41, 5.74) is 5.04. The molecule has 1 heterocycles. The predicted molar refractivity (Wildman–Crippen MR) is 118 cm³/mol. The summed E-state index contributed by atoms with van der Waals surface area (Å²) < 4.78 is 5.48. The maximum absolute atomic E-state index is 12.4. The number of carbonyl (C=O) groups excluding carboxylic acids is 1. The second-order valence-electron chi connectivity index (χ2n) is 9.42. The van der Waals surface area contributed by atoms with Gasteiger partial charge in [0.05, 0.1) is 17.5 Å². The first-order chi connectivity index (χ1) is 13.5. The van der Waals surface area contributed by atoms with E-state index < -0.39 is 0 Å². The van der Waals surface area contributed by atoms with Crippen molar-refractivity contribution >= 4 is 5.97 Å². The molecule has 29 heavy (non-hydrogen) atoms. The van der Waals surface area contributed by atoms with E-state index in [2.05, 4.69) is 70.8 Å². The molecule has 2 aromatic carbocycles. The van der Waals surface area contributed by atoms with E-state index in [1.165, 1.54) is 11.1 Å². The van der Waals surface area contributed by atoms with Crippen LogP contribution in [0.3, 0.4) is 0 Å². The number of rotatable bonds is 3. The Labute approximate surface area is 173 Å². The van der Waals surface area contributed by atoms with Crippen LogP contribution >= 0.6 is 0 Å². The monoisotopic (exact) mass is 387 g/mol. The highest BCUT2D eigenvalue weighted by molar-refractivity contribution is 5.91. The molecule has 150 valence electrons. The van der Waals surface area contributed by atoms with Gasteiger partial charge in [0, 0.05) is 5.56 Å². The predicted octanol–water partition coefficient (Wildman–Crippen LogP) is 6.56. The largest absolute Gasteiger partial charge is 0.421 e. The normalized spacial score (nSPS) is 11.9. The lowest BCUT2D eigenvalue weighted by Crippen LogP contribution is -2.13. The van der Waals surface area contributed by atoms with Gasteiger partial charge in [-0.25, -0.2) is 4.79 Å². The molecule has 0 bridgehead atoms. The Balaban J connectivity index is 1.69. The third-order valence-corrected chi connectivity index (χ3v) is 4.98. The maximum atomic E-state index is 12.4. The van der Waals surface area contributed by atoms with E-state index >= 15 is 0 Å². The molecule has 1 aromatic heterocycles. The standard InChI is InChI=1S/C26H29NO2/c1-25(2,3)20-11-7-18(8-12-20)23-16-15-22(17-27-23)29-24(28)19-9-13-21(14-10-19)26(4,5)6/h7-17H,1-6H3. The van der Waals surface area contributed by atoms with Gasteiger partial charge in [0.2, 0.25) is 0 Å². The molecule has 3 rings (SSSR count). The minimum atomic E-state index is -0.380. The van der Waals surface area contributed by atoms with Gasteiger partial charge in [-0.2, -0.15) is 0 Å². The molecule has 0 radical (unpaired) electrons. The number of benzene rings is 2. The summed E-state index contributed by atoms with van der Waals surface area (Å²) in [7, 11) is 0. The Morgan fingerprint density at radius 1 is 0.724 bits per heavy atom. The van der Waals surface area contributed by atoms with Crippen LogP contribution in [0.25, 0.3) is 11.3 Å². The van der Waals surface area contributed by atoms with Crippen molar-refractivity contribution in [2.75, 3.05) is 0 Å². The summed E-state index contributed by atoms with van der Waals surface area (Å²) in [6.07, 6.45) is 1.59. The highest BCUT2D eigenvalue weighted by Gasteiger charge is 2.16. The number of esters is 1. The van der Waals surface area contributed by atoms with Crippen LogP contribution in [0.5, 0.6) is 5.75 Å². The fraction of sp³-hybridized carbons (Fsp3) is 0.308. The third kappa shape index (κ3) is 5.11. The minimum Gasteiger partial charge on any atom is -0.421 e. The summed E-state index contributed by atoms with van der Waals surface area (Å²) >= 11 is 0. The van der Waals surface area contributed by atoms with Gasteiger partial charge in [-0.3, -0.25) is 4.98 Å². The van der Waals surface area contributed by atoms with Gasteiger partial charge in [-0.15, -0.1) is 0 Å². The quantitative estimate of drug-likeness (QED) is 0.478. The molecule has 0 aliphatic heterocycles. The number of pyridine rings is 1.